The highest BCUT2D eigenvalue weighted by Gasteiger charge is 2.49. The number of nitrogens with one attached hydrogen (secondary N) is 1. The van der Waals surface area contributed by atoms with Crippen molar-refractivity contribution in [3.63, 3.8) is 0 Å². The SMILES string of the molecule is Cc1ccc(OCC(C#N)(NC2CC2)C2CC2)c(C)c1. The van der Waals surface area contributed by atoms with Crippen LogP contribution in [0.5, 0.6) is 5.75 Å². The zero-order chi connectivity index (χ0) is 14.2. The third-order valence-electron chi connectivity index (χ3n) is 4.30. The van der Waals surface area contributed by atoms with Crippen LogP contribution in [0.4, 0.5) is 0 Å². The van der Waals surface area contributed by atoms with E-state index in [0.717, 1.165) is 24.2 Å². The van der Waals surface area contributed by atoms with Crippen LogP contribution in [0.15, 0.2) is 18.2 Å². The van der Waals surface area contributed by atoms with Crippen LogP contribution in [0.25, 0.3) is 0 Å². The zero-order valence-electron chi connectivity index (χ0n) is 12.3. The summed E-state index contributed by atoms with van der Waals surface area (Å²) in [6.45, 7) is 4.59. The summed E-state index contributed by atoms with van der Waals surface area (Å²) < 4.78 is 5.99. The highest BCUT2D eigenvalue weighted by atomic mass is 16.5. The first kappa shape index (κ1) is 13.5. The molecule has 0 aliphatic heterocycles. The Kier molecular flexibility index (Phi) is 3.43. The summed E-state index contributed by atoms with van der Waals surface area (Å²) in [4.78, 5) is 0. The van der Waals surface area contributed by atoms with E-state index in [4.69, 9.17) is 4.74 Å². The second-order valence-electron chi connectivity index (χ2n) is 6.33. The second-order valence-corrected chi connectivity index (χ2v) is 6.33. The van der Waals surface area contributed by atoms with E-state index in [9.17, 15) is 5.26 Å². The van der Waals surface area contributed by atoms with Gasteiger partial charge in [0.15, 0.2) is 0 Å². The Labute approximate surface area is 120 Å². The van der Waals surface area contributed by atoms with Gasteiger partial charge in [-0.2, -0.15) is 5.26 Å². The van der Waals surface area contributed by atoms with Crippen molar-refractivity contribution in [1.82, 2.24) is 5.32 Å². The molecule has 0 saturated heterocycles. The summed E-state index contributed by atoms with van der Waals surface area (Å²) in [5.74, 6) is 1.35. The summed E-state index contributed by atoms with van der Waals surface area (Å²) in [6, 6.07) is 9.23. The van der Waals surface area contributed by atoms with Crippen LogP contribution in [0.1, 0.15) is 36.8 Å². The van der Waals surface area contributed by atoms with Crippen molar-refractivity contribution < 1.29 is 4.74 Å². The molecule has 2 aliphatic carbocycles. The second kappa shape index (κ2) is 5.10. The van der Waals surface area contributed by atoms with Gasteiger partial charge in [0.25, 0.3) is 0 Å². The molecular formula is C17H22N2O. The molecule has 1 atom stereocenters. The molecule has 0 aromatic heterocycles. The molecule has 1 aromatic rings. The minimum absolute atomic E-state index is 0.453. The Balaban J connectivity index is 1.71. The van der Waals surface area contributed by atoms with E-state index in [2.05, 4.69) is 37.4 Å². The molecule has 3 nitrogen and oxygen atoms in total. The molecule has 0 radical (unpaired) electrons. The summed E-state index contributed by atoms with van der Waals surface area (Å²) in [5, 5.41) is 13.2. The quantitative estimate of drug-likeness (QED) is 0.864. The van der Waals surface area contributed by atoms with Gasteiger partial charge in [0.1, 0.15) is 17.9 Å². The average Bonchev–Trinajstić information content (AvgIpc) is 3.28. The lowest BCUT2D eigenvalue weighted by atomic mass is 9.96. The predicted octanol–water partition coefficient (Wildman–Crippen LogP) is 3.11. The molecular weight excluding hydrogens is 248 g/mol. The van der Waals surface area contributed by atoms with Gasteiger partial charge in [-0.25, -0.2) is 0 Å². The van der Waals surface area contributed by atoms with Gasteiger partial charge in [-0.15, -0.1) is 0 Å². The number of hydrogen-bond acceptors (Lipinski definition) is 3. The Hall–Kier alpha value is -1.53. The fourth-order valence-electron chi connectivity index (χ4n) is 2.75. The van der Waals surface area contributed by atoms with Crippen molar-refractivity contribution >= 4 is 0 Å². The van der Waals surface area contributed by atoms with Crippen molar-refractivity contribution in [2.24, 2.45) is 5.92 Å². The van der Waals surface area contributed by atoms with Crippen LogP contribution in [0.2, 0.25) is 0 Å². The zero-order valence-corrected chi connectivity index (χ0v) is 12.3. The Bertz CT molecular complexity index is 540. The number of hydrogen-bond donors (Lipinski definition) is 1. The van der Waals surface area contributed by atoms with E-state index in [1.807, 2.05) is 6.07 Å². The number of aryl methyl sites for hydroxylation is 2. The van der Waals surface area contributed by atoms with Crippen molar-refractivity contribution in [2.45, 2.75) is 51.1 Å². The van der Waals surface area contributed by atoms with Crippen LogP contribution in [0.3, 0.4) is 0 Å². The third kappa shape index (κ3) is 2.81. The lowest BCUT2D eigenvalue weighted by Crippen LogP contribution is -2.52. The van der Waals surface area contributed by atoms with Crippen molar-refractivity contribution in [3.05, 3.63) is 29.3 Å². The summed E-state index contributed by atoms with van der Waals surface area (Å²) in [6.07, 6.45) is 4.67. The Morgan fingerprint density at radius 2 is 2.05 bits per heavy atom. The fourth-order valence-corrected chi connectivity index (χ4v) is 2.75. The summed E-state index contributed by atoms with van der Waals surface area (Å²) in [7, 11) is 0. The first-order valence-corrected chi connectivity index (χ1v) is 7.52. The van der Waals surface area contributed by atoms with E-state index in [-0.39, 0.29) is 0 Å². The van der Waals surface area contributed by atoms with Crippen molar-refractivity contribution in [3.8, 4) is 11.8 Å². The molecule has 2 saturated carbocycles. The Morgan fingerprint density at radius 3 is 2.60 bits per heavy atom. The number of benzene rings is 1. The normalized spacial score (nSPS) is 21.1. The van der Waals surface area contributed by atoms with Gasteiger partial charge in [0.05, 0.1) is 6.07 Å². The highest BCUT2D eigenvalue weighted by molar-refractivity contribution is 5.36. The predicted molar refractivity (Wildman–Crippen MR) is 78.6 cm³/mol. The molecule has 0 spiro atoms. The van der Waals surface area contributed by atoms with Crippen LogP contribution >= 0.6 is 0 Å². The van der Waals surface area contributed by atoms with Crippen LogP contribution < -0.4 is 10.1 Å². The van der Waals surface area contributed by atoms with Gasteiger partial charge in [-0.1, -0.05) is 17.7 Å². The fraction of sp³-hybridized carbons (Fsp3) is 0.588. The highest BCUT2D eigenvalue weighted by Crippen LogP contribution is 2.41. The lowest BCUT2D eigenvalue weighted by molar-refractivity contribution is 0.199. The molecule has 0 bridgehead atoms. The van der Waals surface area contributed by atoms with Crippen LogP contribution in [-0.2, 0) is 0 Å². The molecule has 1 aromatic carbocycles. The summed E-state index contributed by atoms with van der Waals surface area (Å²) >= 11 is 0. The van der Waals surface area contributed by atoms with Gasteiger partial charge in [-0.05, 0) is 57.1 Å². The smallest absolute Gasteiger partial charge is 0.144 e. The van der Waals surface area contributed by atoms with Crippen molar-refractivity contribution in [2.75, 3.05) is 6.61 Å². The minimum atomic E-state index is -0.488. The maximum absolute atomic E-state index is 9.66. The molecule has 2 aliphatic rings. The molecule has 1 N–H and O–H groups in total. The topological polar surface area (TPSA) is 45.0 Å². The maximum Gasteiger partial charge on any atom is 0.144 e. The number of nitrogens with zero attached hydrogens (tertiary/aromatic N) is 1. The standard InChI is InChI=1S/C17H22N2O/c1-12-3-8-16(13(2)9-12)20-11-17(10-18,14-4-5-14)19-15-6-7-15/h3,8-9,14-15,19H,4-7,11H2,1-2H3. The van der Waals surface area contributed by atoms with E-state index < -0.39 is 5.54 Å². The van der Waals surface area contributed by atoms with Crippen molar-refractivity contribution in [1.29, 1.82) is 5.26 Å². The van der Waals surface area contributed by atoms with E-state index in [1.54, 1.807) is 0 Å². The number of ether oxygens (including phenoxy) is 1. The number of rotatable bonds is 6. The van der Waals surface area contributed by atoms with E-state index >= 15 is 0 Å². The molecule has 20 heavy (non-hydrogen) atoms. The maximum atomic E-state index is 9.66. The molecule has 2 fully saturated rings. The van der Waals surface area contributed by atoms with Gasteiger partial charge in [0, 0.05) is 6.04 Å². The van der Waals surface area contributed by atoms with Gasteiger partial charge in [0.2, 0.25) is 0 Å². The van der Waals surface area contributed by atoms with Gasteiger partial charge < -0.3 is 4.74 Å². The third-order valence-corrected chi connectivity index (χ3v) is 4.30. The Morgan fingerprint density at radius 1 is 1.30 bits per heavy atom. The monoisotopic (exact) mass is 270 g/mol. The van der Waals surface area contributed by atoms with Gasteiger partial charge in [-0.3, -0.25) is 5.32 Å². The molecule has 0 amide bonds. The first-order valence-electron chi connectivity index (χ1n) is 7.52. The number of nitriles is 1. The molecule has 3 rings (SSSR count). The summed E-state index contributed by atoms with van der Waals surface area (Å²) in [5.41, 5.74) is 1.89. The average molecular weight is 270 g/mol. The van der Waals surface area contributed by atoms with Gasteiger partial charge >= 0.3 is 0 Å². The molecule has 3 heteroatoms. The molecule has 1 unspecified atom stereocenters. The van der Waals surface area contributed by atoms with Crippen LogP contribution in [-0.4, -0.2) is 18.2 Å². The largest absolute Gasteiger partial charge is 0.490 e. The first-order chi connectivity index (χ1) is 9.63. The molecule has 106 valence electrons. The minimum Gasteiger partial charge on any atom is -0.490 e. The van der Waals surface area contributed by atoms with Crippen LogP contribution in [0, 0.1) is 31.1 Å². The van der Waals surface area contributed by atoms with E-state index in [1.165, 1.54) is 18.4 Å². The molecule has 0 heterocycles. The van der Waals surface area contributed by atoms with E-state index in [0.29, 0.717) is 18.6 Å². The lowest BCUT2D eigenvalue weighted by Gasteiger charge is -2.28.